The van der Waals surface area contributed by atoms with E-state index in [0.717, 1.165) is 54.3 Å². The summed E-state index contributed by atoms with van der Waals surface area (Å²) in [6.45, 7) is 3.31. The molecule has 242 valence electrons. The normalized spacial score (nSPS) is 14.9. The van der Waals surface area contributed by atoms with Gasteiger partial charge in [0.05, 0.1) is 27.7 Å². The number of likely N-dealkylation sites (N-methyl/N-ethyl adjacent to an activating group) is 1. The Balaban J connectivity index is 1.13. The van der Waals surface area contributed by atoms with Gasteiger partial charge in [-0.15, -0.1) is 0 Å². The number of anilines is 3. The number of carbonyl (C=O) groups excluding carboxylic acids is 1. The van der Waals surface area contributed by atoms with E-state index in [1.54, 1.807) is 30.5 Å². The van der Waals surface area contributed by atoms with Crippen molar-refractivity contribution in [2.75, 3.05) is 44.4 Å². The molecule has 10 heteroatoms. The van der Waals surface area contributed by atoms with Gasteiger partial charge in [0.15, 0.2) is 0 Å². The van der Waals surface area contributed by atoms with E-state index in [9.17, 15) is 4.79 Å². The first-order chi connectivity index (χ1) is 23.4. The Morgan fingerprint density at radius 2 is 1.77 bits per heavy atom. The van der Waals surface area contributed by atoms with E-state index in [0.29, 0.717) is 34.0 Å². The number of hydrogen-bond donors (Lipinski definition) is 2. The second kappa shape index (κ2) is 13.9. The second-order valence-corrected chi connectivity index (χ2v) is 12.7. The highest BCUT2D eigenvalue weighted by molar-refractivity contribution is 6.34. The molecule has 0 aliphatic carbocycles. The van der Waals surface area contributed by atoms with Crippen molar-refractivity contribution in [2.45, 2.75) is 18.9 Å². The molecule has 1 atom stereocenters. The van der Waals surface area contributed by atoms with Crippen molar-refractivity contribution in [3.8, 4) is 22.6 Å². The summed E-state index contributed by atoms with van der Waals surface area (Å²) in [5, 5.41) is 6.80. The maximum Gasteiger partial charge on any atom is 0.257 e. The highest BCUT2D eigenvalue weighted by Gasteiger charge is 2.23. The minimum atomic E-state index is -0.280. The van der Waals surface area contributed by atoms with E-state index >= 15 is 0 Å². The van der Waals surface area contributed by atoms with Crippen LogP contribution in [0.3, 0.4) is 0 Å². The summed E-state index contributed by atoms with van der Waals surface area (Å²) in [5.41, 5.74) is 7.15. The Hall–Kier alpha value is -5.09. The van der Waals surface area contributed by atoms with E-state index in [1.807, 2.05) is 65.2 Å². The molecule has 0 saturated carbocycles. The third kappa shape index (κ3) is 6.94. The van der Waals surface area contributed by atoms with Crippen molar-refractivity contribution in [2.24, 2.45) is 0 Å². The topological polar surface area (TPSA) is 90.7 Å². The predicted molar refractivity (Wildman–Crippen MR) is 193 cm³/mol. The van der Waals surface area contributed by atoms with Gasteiger partial charge in [-0.25, -0.2) is 15.0 Å². The van der Waals surface area contributed by atoms with Crippen molar-refractivity contribution in [3.63, 3.8) is 0 Å². The Labute approximate surface area is 285 Å². The van der Waals surface area contributed by atoms with Crippen LogP contribution in [0.1, 0.15) is 22.3 Å². The number of hydrogen-bond acceptors (Lipinski definition) is 7. The molecule has 1 unspecified atom stereocenters. The quantitative estimate of drug-likeness (QED) is 0.160. The zero-order chi connectivity index (χ0) is 33.0. The number of fused-ring (bicyclic) bond motifs is 1. The third-order valence-corrected chi connectivity index (χ3v) is 9.15. The van der Waals surface area contributed by atoms with Gasteiger partial charge in [-0.3, -0.25) is 9.20 Å². The van der Waals surface area contributed by atoms with Crippen LogP contribution in [0.2, 0.25) is 5.02 Å². The van der Waals surface area contributed by atoms with Crippen molar-refractivity contribution < 1.29 is 4.79 Å². The molecule has 1 fully saturated rings. The largest absolute Gasteiger partial charge is 0.324 e. The molecule has 2 N–H and O–H groups in total. The number of amides is 1. The average molecular weight is 657 g/mol. The highest BCUT2D eigenvalue weighted by Crippen LogP contribution is 2.34. The monoisotopic (exact) mass is 656 g/mol. The van der Waals surface area contributed by atoms with Crippen LogP contribution >= 0.6 is 11.6 Å². The van der Waals surface area contributed by atoms with E-state index < -0.39 is 0 Å². The SMILES string of the molecule is CN(C)C1CCN(CCc2cccc(Nc3nccc(-c4c(-c5cccc(NC(=O)c6ccccc6Cl)c5)nc5ccccn45)n3)c2)C1. The minimum absolute atomic E-state index is 0.280. The predicted octanol–water partition coefficient (Wildman–Crippen LogP) is 7.29. The van der Waals surface area contributed by atoms with Crippen LogP contribution in [-0.4, -0.2) is 74.8 Å². The van der Waals surface area contributed by atoms with Crippen LogP contribution in [0.5, 0.6) is 0 Å². The molecule has 7 rings (SSSR count). The molecule has 1 aliphatic rings. The number of halogens is 1. The molecule has 0 radical (unpaired) electrons. The maximum absolute atomic E-state index is 13.0. The zero-order valence-corrected chi connectivity index (χ0v) is 27.7. The molecule has 1 aliphatic heterocycles. The highest BCUT2D eigenvalue weighted by atomic mass is 35.5. The Bertz CT molecular complexity index is 2080. The number of carbonyl (C=O) groups is 1. The molecular formula is C38H37ClN8O. The summed E-state index contributed by atoms with van der Waals surface area (Å²) in [7, 11) is 4.33. The molecule has 1 saturated heterocycles. The van der Waals surface area contributed by atoms with Gasteiger partial charge in [0.2, 0.25) is 5.95 Å². The molecule has 0 bridgehead atoms. The number of likely N-dealkylation sites (tertiary alicyclic amines) is 1. The van der Waals surface area contributed by atoms with E-state index in [4.69, 9.17) is 21.6 Å². The Morgan fingerprint density at radius 1 is 0.938 bits per heavy atom. The number of aromatic nitrogens is 4. The summed E-state index contributed by atoms with van der Waals surface area (Å²) in [6, 6.07) is 31.5. The molecule has 48 heavy (non-hydrogen) atoms. The van der Waals surface area contributed by atoms with Gasteiger partial charge in [0, 0.05) is 48.5 Å². The molecule has 9 nitrogen and oxygen atoms in total. The molecule has 1 amide bonds. The fourth-order valence-electron chi connectivity index (χ4n) is 6.24. The van der Waals surface area contributed by atoms with Crippen LogP contribution in [-0.2, 0) is 6.42 Å². The first-order valence-electron chi connectivity index (χ1n) is 16.1. The fourth-order valence-corrected chi connectivity index (χ4v) is 6.46. The smallest absolute Gasteiger partial charge is 0.257 e. The lowest BCUT2D eigenvalue weighted by molar-refractivity contribution is 0.102. The van der Waals surface area contributed by atoms with Gasteiger partial charge in [-0.1, -0.05) is 54.1 Å². The summed E-state index contributed by atoms with van der Waals surface area (Å²) in [5.74, 6) is 0.216. The average Bonchev–Trinajstić information content (AvgIpc) is 3.74. The minimum Gasteiger partial charge on any atom is -0.324 e. The zero-order valence-electron chi connectivity index (χ0n) is 27.0. The lowest BCUT2D eigenvalue weighted by Crippen LogP contribution is -2.32. The summed E-state index contributed by atoms with van der Waals surface area (Å²) >= 11 is 6.28. The van der Waals surface area contributed by atoms with Gasteiger partial charge in [0.1, 0.15) is 5.65 Å². The third-order valence-electron chi connectivity index (χ3n) is 8.82. The van der Waals surface area contributed by atoms with Crippen molar-refractivity contribution in [1.82, 2.24) is 29.2 Å². The first kappa shape index (κ1) is 31.5. The van der Waals surface area contributed by atoms with Gasteiger partial charge in [0.25, 0.3) is 5.91 Å². The lowest BCUT2D eigenvalue weighted by Gasteiger charge is -2.20. The number of benzene rings is 3. The van der Waals surface area contributed by atoms with Gasteiger partial charge < -0.3 is 20.4 Å². The molecule has 3 aromatic carbocycles. The lowest BCUT2D eigenvalue weighted by atomic mass is 10.1. The Kier molecular flexibility index (Phi) is 9.16. The number of pyridine rings is 1. The van der Waals surface area contributed by atoms with E-state index in [2.05, 4.69) is 57.7 Å². The van der Waals surface area contributed by atoms with Gasteiger partial charge in [-0.2, -0.15) is 0 Å². The molecular weight excluding hydrogens is 620 g/mol. The van der Waals surface area contributed by atoms with E-state index in [-0.39, 0.29) is 5.91 Å². The van der Waals surface area contributed by atoms with Crippen molar-refractivity contribution >= 4 is 40.5 Å². The first-order valence-corrected chi connectivity index (χ1v) is 16.5. The standard InChI is InChI=1S/C38H37ClN8O/c1-45(2)30-18-22-46(25-30)21-17-26-9-7-11-28(23-26)42-38-40-19-16-33(43-38)36-35(44-34-15-5-6-20-47(34)36)27-10-8-12-29(24-27)41-37(48)31-13-3-4-14-32(31)39/h3-16,19-20,23-24,30H,17-18,21-22,25H2,1-2H3,(H,41,48)(H,40,42,43). The molecule has 6 aromatic rings. The van der Waals surface area contributed by atoms with Crippen LogP contribution in [0.4, 0.5) is 17.3 Å². The van der Waals surface area contributed by atoms with Crippen molar-refractivity contribution in [3.05, 3.63) is 126 Å². The van der Waals surface area contributed by atoms with Gasteiger partial charge in [-0.05, 0) is 93.6 Å². The number of imidazole rings is 1. The second-order valence-electron chi connectivity index (χ2n) is 12.3. The summed E-state index contributed by atoms with van der Waals surface area (Å²) in [6.07, 6.45) is 5.95. The number of nitrogens with one attached hydrogen (secondary N) is 2. The molecule has 3 aromatic heterocycles. The molecule has 4 heterocycles. The van der Waals surface area contributed by atoms with Crippen LogP contribution in [0.15, 0.2) is 109 Å². The maximum atomic E-state index is 13.0. The summed E-state index contributed by atoms with van der Waals surface area (Å²) in [4.78, 5) is 32.4. The number of nitrogens with zero attached hydrogens (tertiary/aromatic N) is 6. The van der Waals surface area contributed by atoms with Crippen LogP contribution in [0.25, 0.3) is 28.3 Å². The van der Waals surface area contributed by atoms with Crippen LogP contribution < -0.4 is 10.6 Å². The van der Waals surface area contributed by atoms with Crippen LogP contribution in [0, 0.1) is 0 Å². The summed E-state index contributed by atoms with van der Waals surface area (Å²) < 4.78 is 2.02. The fraction of sp³-hybridized carbons (Fsp3) is 0.211. The molecule has 0 spiro atoms. The Morgan fingerprint density at radius 3 is 2.62 bits per heavy atom. The van der Waals surface area contributed by atoms with E-state index in [1.165, 1.54) is 12.0 Å². The van der Waals surface area contributed by atoms with Gasteiger partial charge >= 0.3 is 0 Å². The number of rotatable bonds is 10. The van der Waals surface area contributed by atoms with Crippen molar-refractivity contribution in [1.29, 1.82) is 0 Å².